The number of nitrogens with zero attached hydrogens (tertiary/aromatic N) is 5. The van der Waals surface area contributed by atoms with Crippen molar-refractivity contribution in [1.29, 1.82) is 0 Å². The summed E-state index contributed by atoms with van der Waals surface area (Å²) in [7, 11) is 0. The van der Waals surface area contributed by atoms with Crippen LogP contribution < -0.4 is 4.74 Å². The lowest BCUT2D eigenvalue weighted by atomic mass is 9.84. The second-order valence-electron chi connectivity index (χ2n) is 8.13. The first-order valence-electron chi connectivity index (χ1n) is 11.1. The monoisotopic (exact) mass is 413 g/mol. The summed E-state index contributed by atoms with van der Waals surface area (Å²) in [6, 6.07) is 17.1. The van der Waals surface area contributed by atoms with Gasteiger partial charge >= 0.3 is 0 Å². The Bertz CT molecular complexity index is 1140. The predicted molar refractivity (Wildman–Crippen MR) is 123 cm³/mol. The SMILES string of the molecule is C(=N\n1cnnc1)/c1cn(CCOc2ccc(C3CCCCC3)cc2)c2ccccc12. The molecule has 0 radical (unpaired) electrons. The topological polar surface area (TPSA) is 57.2 Å². The van der Waals surface area contributed by atoms with Crippen LogP contribution in [0.5, 0.6) is 5.75 Å². The standard InChI is InChI=1S/C25H27N5O/c1-2-6-20(7-3-1)21-10-12-23(13-11-21)31-15-14-29-17-22(16-28-30-18-26-27-19-30)24-8-4-5-9-25(24)29/h4-5,8-13,16-20H,1-3,6-7,14-15H2/b28-16+. The summed E-state index contributed by atoms with van der Waals surface area (Å²) in [5, 5.41) is 13.1. The fourth-order valence-corrected chi connectivity index (χ4v) is 4.48. The summed E-state index contributed by atoms with van der Waals surface area (Å²) in [6.07, 6.45) is 13.9. The second-order valence-corrected chi connectivity index (χ2v) is 8.13. The van der Waals surface area contributed by atoms with Crippen molar-refractivity contribution in [2.24, 2.45) is 5.10 Å². The van der Waals surface area contributed by atoms with Crippen LogP contribution in [-0.4, -0.2) is 32.3 Å². The highest BCUT2D eigenvalue weighted by Crippen LogP contribution is 2.33. The summed E-state index contributed by atoms with van der Waals surface area (Å²) >= 11 is 0. The van der Waals surface area contributed by atoms with Crippen LogP contribution in [0.2, 0.25) is 0 Å². The molecule has 1 aliphatic rings. The van der Waals surface area contributed by atoms with Crippen molar-refractivity contribution < 1.29 is 4.74 Å². The average Bonchev–Trinajstić information content (AvgIpc) is 3.47. The molecule has 0 spiro atoms. The highest BCUT2D eigenvalue weighted by Gasteiger charge is 2.15. The van der Waals surface area contributed by atoms with Gasteiger partial charge in [-0.1, -0.05) is 49.6 Å². The fourth-order valence-electron chi connectivity index (χ4n) is 4.48. The van der Waals surface area contributed by atoms with E-state index in [-0.39, 0.29) is 0 Å². The first-order chi connectivity index (χ1) is 15.4. The predicted octanol–water partition coefficient (Wildman–Crippen LogP) is 5.24. The molecule has 158 valence electrons. The maximum atomic E-state index is 6.05. The van der Waals surface area contributed by atoms with Crippen molar-refractivity contribution in [2.45, 2.75) is 44.6 Å². The van der Waals surface area contributed by atoms with Crippen molar-refractivity contribution in [3.05, 3.63) is 78.5 Å². The Morgan fingerprint density at radius 2 is 1.74 bits per heavy atom. The molecule has 0 atom stereocenters. The van der Waals surface area contributed by atoms with Crippen LogP contribution in [-0.2, 0) is 6.54 Å². The molecule has 31 heavy (non-hydrogen) atoms. The van der Waals surface area contributed by atoms with E-state index in [0.717, 1.165) is 29.2 Å². The molecule has 1 saturated carbocycles. The van der Waals surface area contributed by atoms with Gasteiger partial charge in [0.25, 0.3) is 0 Å². The van der Waals surface area contributed by atoms with Crippen LogP contribution >= 0.6 is 0 Å². The third-order valence-electron chi connectivity index (χ3n) is 6.11. The summed E-state index contributed by atoms with van der Waals surface area (Å²) in [4.78, 5) is 0. The van der Waals surface area contributed by atoms with Gasteiger partial charge in [-0.3, -0.25) is 0 Å². The molecular weight excluding hydrogens is 386 g/mol. The van der Waals surface area contributed by atoms with Gasteiger partial charge in [0.2, 0.25) is 0 Å². The van der Waals surface area contributed by atoms with Gasteiger partial charge in [-0.2, -0.15) is 5.10 Å². The lowest BCUT2D eigenvalue weighted by Gasteiger charge is -2.22. The maximum absolute atomic E-state index is 6.05. The molecular formula is C25H27N5O. The third-order valence-corrected chi connectivity index (χ3v) is 6.11. The molecule has 0 unspecified atom stereocenters. The largest absolute Gasteiger partial charge is 0.492 e. The molecule has 0 N–H and O–H groups in total. The number of fused-ring (bicyclic) bond motifs is 1. The number of hydrogen-bond donors (Lipinski definition) is 0. The van der Waals surface area contributed by atoms with Crippen LogP contribution in [0, 0.1) is 0 Å². The lowest BCUT2D eigenvalue weighted by molar-refractivity contribution is 0.300. The van der Waals surface area contributed by atoms with Gasteiger partial charge < -0.3 is 9.30 Å². The average molecular weight is 414 g/mol. The fraction of sp³-hybridized carbons (Fsp3) is 0.320. The molecule has 4 aromatic rings. The van der Waals surface area contributed by atoms with Crippen LogP contribution in [0.25, 0.3) is 10.9 Å². The number of benzene rings is 2. The third kappa shape index (κ3) is 4.53. The minimum Gasteiger partial charge on any atom is -0.492 e. The molecule has 0 amide bonds. The Balaban J connectivity index is 1.24. The van der Waals surface area contributed by atoms with Crippen molar-refractivity contribution in [2.75, 3.05) is 6.61 Å². The summed E-state index contributed by atoms with van der Waals surface area (Å²) in [5.74, 6) is 1.66. The van der Waals surface area contributed by atoms with E-state index >= 15 is 0 Å². The highest BCUT2D eigenvalue weighted by atomic mass is 16.5. The minimum atomic E-state index is 0.615. The molecule has 2 aromatic heterocycles. The van der Waals surface area contributed by atoms with E-state index in [0.29, 0.717) is 6.61 Å². The second kappa shape index (κ2) is 9.16. The highest BCUT2D eigenvalue weighted by molar-refractivity contribution is 5.99. The smallest absolute Gasteiger partial charge is 0.141 e. The molecule has 2 heterocycles. The normalized spacial score (nSPS) is 15.1. The molecule has 1 fully saturated rings. The molecule has 6 heteroatoms. The Hall–Kier alpha value is -3.41. The summed E-state index contributed by atoms with van der Waals surface area (Å²) in [5.41, 5.74) is 3.69. The zero-order valence-corrected chi connectivity index (χ0v) is 17.6. The van der Waals surface area contributed by atoms with Gasteiger partial charge in [0.1, 0.15) is 25.0 Å². The van der Waals surface area contributed by atoms with Crippen molar-refractivity contribution in [1.82, 2.24) is 19.4 Å². The quantitative estimate of drug-likeness (QED) is 0.389. The molecule has 0 saturated heterocycles. The Labute approximate surface area is 182 Å². The minimum absolute atomic E-state index is 0.615. The van der Waals surface area contributed by atoms with Crippen LogP contribution in [0.4, 0.5) is 0 Å². The molecule has 6 nitrogen and oxygen atoms in total. The van der Waals surface area contributed by atoms with Crippen molar-refractivity contribution in [3.8, 4) is 5.75 Å². The van der Waals surface area contributed by atoms with Gasteiger partial charge in [-0.25, -0.2) is 4.68 Å². The first-order valence-corrected chi connectivity index (χ1v) is 11.1. The first kappa shape index (κ1) is 19.5. The Kier molecular flexibility index (Phi) is 5.78. The number of ether oxygens (including phenoxy) is 1. The summed E-state index contributed by atoms with van der Waals surface area (Å²) < 4.78 is 9.87. The number of aromatic nitrogens is 4. The van der Waals surface area contributed by atoms with Crippen LogP contribution in [0.1, 0.15) is 49.1 Å². The van der Waals surface area contributed by atoms with Gasteiger partial charge in [0, 0.05) is 22.7 Å². The molecule has 0 aliphatic heterocycles. The molecule has 2 aromatic carbocycles. The van der Waals surface area contributed by atoms with E-state index in [4.69, 9.17) is 4.74 Å². The number of hydrogen-bond acceptors (Lipinski definition) is 4. The van der Waals surface area contributed by atoms with E-state index in [1.54, 1.807) is 17.3 Å². The number of para-hydroxylation sites is 1. The van der Waals surface area contributed by atoms with E-state index in [2.05, 4.69) is 68.5 Å². The Morgan fingerprint density at radius 3 is 2.55 bits per heavy atom. The van der Waals surface area contributed by atoms with Crippen molar-refractivity contribution in [3.63, 3.8) is 0 Å². The van der Waals surface area contributed by atoms with Gasteiger partial charge in [-0.05, 0) is 42.5 Å². The van der Waals surface area contributed by atoms with Crippen LogP contribution in [0.15, 0.2) is 72.5 Å². The number of rotatable bonds is 7. The molecule has 5 rings (SSSR count). The zero-order valence-electron chi connectivity index (χ0n) is 17.6. The molecule has 0 bridgehead atoms. The lowest BCUT2D eigenvalue weighted by Crippen LogP contribution is -2.08. The van der Waals surface area contributed by atoms with Crippen LogP contribution in [0.3, 0.4) is 0 Å². The van der Waals surface area contributed by atoms with E-state index in [9.17, 15) is 0 Å². The van der Waals surface area contributed by atoms with Gasteiger partial charge in [0.15, 0.2) is 0 Å². The van der Waals surface area contributed by atoms with E-state index in [1.165, 1.54) is 43.2 Å². The van der Waals surface area contributed by atoms with E-state index < -0.39 is 0 Å². The summed E-state index contributed by atoms with van der Waals surface area (Å²) in [6.45, 7) is 1.38. The van der Waals surface area contributed by atoms with Crippen molar-refractivity contribution >= 4 is 17.1 Å². The maximum Gasteiger partial charge on any atom is 0.141 e. The van der Waals surface area contributed by atoms with E-state index in [1.807, 2.05) is 12.3 Å². The van der Waals surface area contributed by atoms with Gasteiger partial charge in [0.05, 0.1) is 12.8 Å². The van der Waals surface area contributed by atoms with Gasteiger partial charge in [-0.15, -0.1) is 10.2 Å². The Morgan fingerprint density at radius 1 is 0.968 bits per heavy atom. The molecule has 1 aliphatic carbocycles. The zero-order chi connectivity index (χ0) is 20.9.